The van der Waals surface area contributed by atoms with Gasteiger partial charge in [-0.05, 0) is 50.3 Å². The van der Waals surface area contributed by atoms with Gasteiger partial charge < -0.3 is 41.6 Å². The molecule has 16 nitrogen and oxygen atoms in total. The maximum atomic E-state index is 14.4. The van der Waals surface area contributed by atoms with Gasteiger partial charge in [-0.2, -0.15) is 0 Å². The molecule has 0 radical (unpaired) electrons. The van der Waals surface area contributed by atoms with Crippen molar-refractivity contribution >= 4 is 64.1 Å². The molecular formula is C44H68N8O8S. The Kier molecular flexibility index (Phi) is 17.7. The molecule has 7 N–H and O–H groups in total. The molecule has 1 unspecified atom stereocenters. The number of carbonyl (C=O) groups excluding carboxylic acids is 6. The van der Waals surface area contributed by atoms with Crippen LogP contribution in [0.25, 0.3) is 10.9 Å². The average Bonchev–Trinajstić information content (AvgIpc) is 3.67. The number of nitrogens with zero attached hydrogens (tertiary/aromatic N) is 3. The first-order valence-corrected chi connectivity index (χ1v) is 21.9. The van der Waals surface area contributed by atoms with Gasteiger partial charge in [-0.15, -0.1) is 11.8 Å². The summed E-state index contributed by atoms with van der Waals surface area (Å²) in [6.45, 7) is 17.2. The highest BCUT2D eigenvalue weighted by atomic mass is 32.2. The first kappa shape index (κ1) is 50.6. The third-order valence-corrected chi connectivity index (χ3v) is 12.7. The molecule has 6 atom stereocenters. The number of benzene rings is 1. The Morgan fingerprint density at radius 2 is 1.67 bits per heavy atom. The minimum Gasteiger partial charge on any atom is -0.480 e. The summed E-state index contributed by atoms with van der Waals surface area (Å²) < 4.78 is 2.05. The van der Waals surface area contributed by atoms with Crippen molar-refractivity contribution in [1.82, 2.24) is 35.6 Å². The van der Waals surface area contributed by atoms with Crippen LogP contribution in [0.15, 0.2) is 42.1 Å². The van der Waals surface area contributed by atoms with Crippen molar-refractivity contribution in [1.29, 1.82) is 0 Å². The van der Waals surface area contributed by atoms with Gasteiger partial charge in [0, 0.05) is 79.9 Å². The number of fused-ring (bicyclic) bond motifs is 1. The number of imide groups is 1. The Bertz CT molecular complexity index is 1970. The summed E-state index contributed by atoms with van der Waals surface area (Å²) in [5.41, 5.74) is 6.64. The van der Waals surface area contributed by atoms with E-state index in [1.54, 1.807) is 38.9 Å². The topological polar surface area (TPSA) is 225 Å². The molecule has 1 aliphatic heterocycles. The number of hydrogen-bond acceptors (Lipinski definition) is 10. The van der Waals surface area contributed by atoms with Gasteiger partial charge in [-0.25, -0.2) is 0 Å². The largest absolute Gasteiger partial charge is 0.480 e. The number of likely N-dealkylation sites (tertiary alicyclic amines) is 1. The smallest absolute Gasteiger partial charge is 0.321 e. The van der Waals surface area contributed by atoms with Crippen molar-refractivity contribution in [2.45, 2.75) is 122 Å². The Morgan fingerprint density at radius 1 is 1.03 bits per heavy atom. The summed E-state index contributed by atoms with van der Waals surface area (Å²) in [5.74, 6) is -3.38. The number of carboxylic acid groups (broad SMARTS) is 1. The summed E-state index contributed by atoms with van der Waals surface area (Å²) in [7, 11) is 5.41. The highest BCUT2D eigenvalue weighted by Crippen LogP contribution is 2.35. The summed E-state index contributed by atoms with van der Waals surface area (Å²) in [4.78, 5) is 93.2. The quantitative estimate of drug-likeness (QED) is 0.0791. The van der Waals surface area contributed by atoms with Crippen LogP contribution in [0.5, 0.6) is 0 Å². The highest BCUT2D eigenvalue weighted by Gasteiger charge is 2.43. The van der Waals surface area contributed by atoms with Gasteiger partial charge in [-0.1, -0.05) is 72.7 Å². The van der Waals surface area contributed by atoms with E-state index in [2.05, 4.69) is 27.5 Å². The molecule has 3 rings (SSSR count). The lowest BCUT2D eigenvalue weighted by Gasteiger charge is -2.39. The number of thioether (sulfide) groups is 1. The Hall–Kier alpha value is -4.74. The van der Waals surface area contributed by atoms with Crippen molar-refractivity contribution in [3.8, 4) is 0 Å². The second-order valence-electron chi connectivity index (χ2n) is 18.1. The first-order valence-electron chi connectivity index (χ1n) is 20.8. The van der Waals surface area contributed by atoms with E-state index in [1.807, 2.05) is 84.3 Å². The van der Waals surface area contributed by atoms with E-state index in [1.165, 1.54) is 0 Å². The van der Waals surface area contributed by atoms with E-state index >= 15 is 0 Å². The van der Waals surface area contributed by atoms with Crippen LogP contribution in [0.2, 0.25) is 0 Å². The summed E-state index contributed by atoms with van der Waals surface area (Å²) in [5, 5.41) is 21.2. The van der Waals surface area contributed by atoms with Crippen LogP contribution in [0.1, 0.15) is 87.1 Å². The fourth-order valence-electron chi connectivity index (χ4n) is 7.60. The fraction of sp³-hybridized carbons (Fsp3) is 0.614. The molecule has 1 saturated heterocycles. The average molecular weight is 869 g/mol. The number of aryl methyl sites for hydroxylation is 1. The van der Waals surface area contributed by atoms with Gasteiger partial charge in [0.05, 0.1) is 17.3 Å². The lowest BCUT2D eigenvalue weighted by Crippen LogP contribution is -2.61. The third kappa shape index (κ3) is 12.9. The molecule has 0 bridgehead atoms. The molecule has 6 amide bonds. The number of rotatable bonds is 21. The Labute approximate surface area is 364 Å². The van der Waals surface area contributed by atoms with E-state index in [0.29, 0.717) is 12.0 Å². The predicted molar refractivity (Wildman–Crippen MR) is 238 cm³/mol. The van der Waals surface area contributed by atoms with E-state index in [9.17, 15) is 33.6 Å². The fourth-order valence-corrected chi connectivity index (χ4v) is 8.71. The summed E-state index contributed by atoms with van der Waals surface area (Å²) >= 11 is 1.03. The lowest BCUT2D eigenvalue weighted by atomic mass is 9.76. The van der Waals surface area contributed by atoms with Crippen LogP contribution >= 0.6 is 11.8 Å². The van der Waals surface area contributed by atoms with Gasteiger partial charge in [0.1, 0.15) is 12.1 Å². The molecule has 1 aromatic carbocycles. The molecule has 1 aliphatic rings. The molecule has 61 heavy (non-hydrogen) atoms. The minimum absolute atomic E-state index is 0.00734. The normalized spacial score (nSPS) is 17.5. The monoisotopic (exact) mass is 868 g/mol. The molecular weight excluding hydrogens is 801 g/mol. The van der Waals surface area contributed by atoms with Gasteiger partial charge in [0.25, 0.3) is 0 Å². The number of nitrogens with one attached hydrogen (secondary N) is 4. The van der Waals surface area contributed by atoms with E-state index < -0.39 is 58.0 Å². The Balaban J connectivity index is 1.59. The van der Waals surface area contributed by atoms with Gasteiger partial charge in [0.15, 0.2) is 0 Å². The zero-order valence-electron chi connectivity index (χ0n) is 37.9. The number of amides is 6. The molecule has 0 saturated carbocycles. The highest BCUT2D eigenvalue weighted by molar-refractivity contribution is 8.00. The number of carboxylic acids is 1. The van der Waals surface area contributed by atoms with Gasteiger partial charge in [0.2, 0.25) is 35.4 Å². The summed E-state index contributed by atoms with van der Waals surface area (Å²) in [6, 6.07) is 4.48. The van der Waals surface area contributed by atoms with Crippen LogP contribution < -0.4 is 27.0 Å². The molecule has 338 valence electrons. The van der Waals surface area contributed by atoms with Gasteiger partial charge >= 0.3 is 5.97 Å². The molecule has 0 spiro atoms. The number of aliphatic carboxylic acids is 1. The molecule has 17 heteroatoms. The van der Waals surface area contributed by atoms with Crippen molar-refractivity contribution in [3.05, 3.63) is 47.7 Å². The number of para-hydroxylation sites is 1. The summed E-state index contributed by atoms with van der Waals surface area (Å²) in [6.07, 6.45) is 4.15. The molecule has 1 aromatic heterocycles. The second kappa shape index (κ2) is 21.4. The van der Waals surface area contributed by atoms with Crippen LogP contribution in [-0.4, -0.2) is 129 Å². The number of carbonyl (C=O) groups is 7. The van der Waals surface area contributed by atoms with E-state index in [-0.39, 0.29) is 67.3 Å². The predicted octanol–water partition coefficient (Wildman–Crippen LogP) is 2.68. The number of nitrogens with two attached hydrogens (primary N) is 1. The SMILES string of the molecule is CN[C@H](C(=O)N[C@H](C(=O)N(C)[C@H](/C=C(\C)C(=O)N[C@H](C)CCC(=O)NCCN1C(=O)CC(SC[C@H](N)C(=O)O)C1=O)C(C)C)C(C)(C)C)C(C)(C)c1cn(C)c2ccccc12. The minimum atomic E-state index is -1.19. The van der Waals surface area contributed by atoms with Gasteiger partial charge in [-0.3, -0.25) is 38.5 Å². The molecule has 1 fully saturated rings. The second-order valence-corrected chi connectivity index (χ2v) is 19.3. The molecule has 2 aromatic rings. The number of hydrogen-bond donors (Lipinski definition) is 6. The van der Waals surface area contributed by atoms with Crippen molar-refractivity contribution < 1.29 is 38.7 Å². The lowest BCUT2D eigenvalue weighted by molar-refractivity contribution is -0.141. The number of aromatic nitrogens is 1. The van der Waals surface area contributed by atoms with E-state index in [4.69, 9.17) is 10.8 Å². The maximum Gasteiger partial charge on any atom is 0.321 e. The zero-order chi connectivity index (χ0) is 46.1. The maximum absolute atomic E-state index is 14.4. The van der Waals surface area contributed by atoms with Crippen molar-refractivity contribution in [2.75, 3.05) is 32.9 Å². The van der Waals surface area contributed by atoms with E-state index in [0.717, 1.165) is 33.1 Å². The van der Waals surface area contributed by atoms with Crippen molar-refractivity contribution in [2.24, 2.45) is 24.1 Å². The third-order valence-electron chi connectivity index (χ3n) is 11.4. The zero-order valence-corrected chi connectivity index (χ0v) is 38.7. The Morgan fingerprint density at radius 3 is 2.26 bits per heavy atom. The van der Waals surface area contributed by atoms with Crippen LogP contribution in [0, 0.1) is 11.3 Å². The van der Waals surface area contributed by atoms with Crippen LogP contribution in [-0.2, 0) is 46.0 Å². The molecule has 0 aliphatic carbocycles. The van der Waals surface area contributed by atoms with Crippen LogP contribution in [0.3, 0.4) is 0 Å². The van der Waals surface area contributed by atoms with Crippen molar-refractivity contribution in [3.63, 3.8) is 0 Å². The molecule has 2 heterocycles. The van der Waals surface area contributed by atoms with Crippen LogP contribution in [0.4, 0.5) is 0 Å². The first-order chi connectivity index (χ1) is 28.3. The number of likely N-dealkylation sites (N-methyl/N-ethyl adjacent to an activating group) is 2. The standard InChI is InChI=1S/C44H68N8O8S/c1-25(2)32(21-26(3)38(55)48-27(4)17-18-34(53)47-19-20-52-35(54)22-33(40(52)57)61-24-30(45)42(59)60)51(12)41(58)37(43(5,6)7)49-39(56)36(46-10)44(8,9)29-23-50(11)31-16-14-13-15-28(29)31/h13-16,21,23,25,27,30,32-33,36-37,46H,17-20,22,24,45H2,1-12H3,(H,47,53)(H,48,55)(H,49,56)(H,59,60)/b26-21+/t27-,30+,32-,33?,36-,37-/m1/s1.